The van der Waals surface area contributed by atoms with Gasteiger partial charge in [0.15, 0.2) is 5.69 Å². The molecule has 0 N–H and O–H groups in total. The molecule has 0 bridgehead atoms. The molecule has 3 heteroatoms. The lowest BCUT2D eigenvalue weighted by atomic mass is 9.67. The van der Waals surface area contributed by atoms with E-state index in [0.717, 1.165) is 28.0 Å². The molecule has 0 radical (unpaired) electrons. The van der Waals surface area contributed by atoms with Crippen LogP contribution in [0.3, 0.4) is 0 Å². The minimum atomic E-state index is -0.478. The Morgan fingerprint density at radius 2 is 0.815 bits per heavy atom. The summed E-state index contributed by atoms with van der Waals surface area (Å²) in [4.78, 5) is 3.64. The fourth-order valence-electron chi connectivity index (χ4n) is 11.0. The monoisotopic (exact) mass is 825 g/mol. The summed E-state index contributed by atoms with van der Waals surface area (Å²) in [5.74, 6) is 0. The van der Waals surface area contributed by atoms with Crippen molar-refractivity contribution in [3.05, 3.63) is 270 Å². The third-order valence-electron chi connectivity index (χ3n) is 13.8. The molecule has 0 amide bonds. The van der Waals surface area contributed by atoms with Gasteiger partial charge in [0.25, 0.3) is 0 Å². The molecule has 12 aromatic rings. The molecule has 1 aliphatic rings. The fraction of sp³-hybridized carbons (Fsp3) is 0.0161. The third kappa shape index (κ3) is 5.48. The first-order chi connectivity index (χ1) is 32.2. The van der Waals surface area contributed by atoms with Crippen molar-refractivity contribution in [1.29, 1.82) is 0 Å². The molecule has 0 fully saturated rings. The molecule has 0 aliphatic heterocycles. The molecule has 65 heavy (non-hydrogen) atoms. The molecular formula is C62H39N3. The van der Waals surface area contributed by atoms with Crippen molar-refractivity contribution in [2.24, 2.45) is 0 Å². The quantitative estimate of drug-likeness (QED) is 0.148. The molecule has 0 saturated heterocycles. The van der Waals surface area contributed by atoms with E-state index in [1.54, 1.807) is 0 Å². The zero-order valence-corrected chi connectivity index (χ0v) is 35.4. The Morgan fingerprint density at radius 1 is 0.323 bits per heavy atom. The number of para-hydroxylation sites is 2. The Hall–Kier alpha value is -8.71. The summed E-state index contributed by atoms with van der Waals surface area (Å²) in [5, 5.41) is 4.89. The number of nitrogens with zero attached hydrogens (tertiary/aromatic N) is 3. The molecule has 0 spiro atoms. The second-order valence-electron chi connectivity index (χ2n) is 17.1. The highest BCUT2D eigenvalue weighted by atomic mass is 15.0. The van der Waals surface area contributed by atoms with E-state index in [1.165, 1.54) is 82.6 Å². The lowest BCUT2D eigenvalue weighted by molar-refractivity contribution is 0.767. The number of rotatable bonds is 6. The number of benzene rings is 10. The predicted molar refractivity (Wildman–Crippen MR) is 270 cm³/mol. The van der Waals surface area contributed by atoms with E-state index in [9.17, 15) is 0 Å². The van der Waals surface area contributed by atoms with Crippen LogP contribution in [0.1, 0.15) is 22.3 Å². The number of hydrogen-bond acceptors (Lipinski definition) is 0. The highest BCUT2D eigenvalue weighted by Crippen LogP contribution is 2.56. The van der Waals surface area contributed by atoms with E-state index < -0.39 is 5.41 Å². The first-order valence-electron chi connectivity index (χ1n) is 22.2. The first kappa shape index (κ1) is 36.9. The Labute approximate surface area is 377 Å². The van der Waals surface area contributed by atoms with E-state index in [-0.39, 0.29) is 0 Å². The van der Waals surface area contributed by atoms with Crippen LogP contribution in [0.5, 0.6) is 0 Å². The summed E-state index contributed by atoms with van der Waals surface area (Å²) < 4.78 is 4.83. The average molecular weight is 826 g/mol. The lowest BCUT2D eigenvalue weighted by Crippen LogP contribution is -2.28. The highest BCUT2D eigenvalue weighted by molar-refractivity contribution is 6.13. The summed E-state index contributed by atoms with van der Waals surface area (Å²) in [7, 11) is 0. The molecule has 3 nitrogen and oxygen atoms in total. The van der Waals surface area contributed by atoms with Crippen molar-refractivity contribution < 1.29 is 0 Å². The SMILES string of the molecule is [C-]#[N+]c1cccc(-c2ccc(-n3c4ccccc4c4cc(-c5ccc6c(c5)c5ccccc5n6-c5ccc6c(c5)C(c5ccccc5)(c5ccccc5)c5ccccc5-6)ccc43)cc2)c1. The smallest absolute Gasteiger partial charge is 0.187 e. The number of aromatic nitrogens is 2. The average Bonchev–Trinajstić information content (AvgIpc) is 4.00. The molecule has 1 aliphatic carbocycles. The summed E-state index contributed by atoms with van der Waals surface area (Å²) in [6.45, 7) is 7.47. The van der Waals surface area contributed by atoms with Gasteiger partial charge in [-0.05, 0) is 122 Å². The van der Waals surface area contributed by atoms with Crippen LogP contribution >= 0.6 is 0 Å². The van der Waals surface area contributed by atoms with Crippen molar-refractivity contribution in [2.75, 3.05) is 0 Å². The molecule has 10 aromatic carbocycles. The van der Waals surface area contributed by atoms with Gasteiger partial charge in [-0.15, -0.1) is 0 Å². The van der Waals surface area contributed by atoms with Crippen LogP contribution < -0.4 is 0 Å². The fourth-order valence-corrected chi connectivity index (χ4v) is 11.0. The maximum atomic E-state index is 7.47. The molecule has 13 rings (SSSR count). The Morgan fingerprint density at radius 3 is 1.45 bits per heavy atom. The molecule has 302 valence electrons. The number of fused-ring (bicyclic) bond motifs is 9. The van der Waals surface area contributed by atoms with Gasteiger partial charge in [-0.25, -0.2) is 4.85 Å². The van der Waals surface area contributed by atoms with Gasteiger partial charge in [0.1, 0.15) is 0 Å². The van der Waals surface area contributed by atoms with Crippen molar-refractivity contribution in [3.63, 3.8) is 0 Å². The predicted octanol–water partition coefficient (Wildman–Crippen LogP) is 16.1. The molecule has 2 aromatic heterocycles. The van der Waals surface area contributed by atoms with Gasteiger partial charge in [-0.2, -0.15) is 0 Å². The molecular weight excluding hydrogens is 787 g/mol. The maximum Gasteiger partial charge on any atom is 0.187 e. The van der Waals surface area contributed by atoms with Gasteiger partial charge in [-0.1, -0.05) is 170 Å². The Balaban J connectivity index is 0.952. The minimum absolute atomic E-state index is 0.478. The van der Waals surface area contributed by atoms with E-state index in [1.807, 2.05) is 18.2 Å². The summed E-state index contributed by atoms with van der Waals surface area (Å²) in [5.41, 5.74) is 19.3. The van der Waals surface area contributed by atoms with Crippen LogP contribution in [0.2, 0.25) is 0 Å². The van der Waals surface area contributed by atoms with Gasteiger partial charge in [0.2, 0.25) is 0 Å². The van der Waals surface area contributed by atoms with Gasteiger partial charge >= 0.3 is 0 Å². The van der Waals surface area contributed by atoms with Crippen LogP contribution in [0.15, 0.2) is 237 Å². The highest BCUT2D eigenvalue weighted by Gasteiger charge is 2.46. The third-order valence-corrected chi connectivity index (χ3v) is 13.8. The second kappa shape index (κ2) is 14.4. The molecule has 2 heterocycles. The zero-order chi connectivity index (χ0) is 43.1. The molecule has 0 unspecified atom stereocenters. The zero-order valence-electron chi connectivity index (χ0n) is 35.4. The summed E-state index contributed by atoms with van der Waals surface area (Å²) in [6, 6.07) is 86.1. The largest absolute Gasteiger partial charge is 0.309 e. The van der Waals surface area contributed by atoms with Crippen LogP contribution in [0, 0.1) is 6.57 Å². The Kier molecular flexibility index (Phi) is 8.19. The van der Waals surface area contributed by atoms with Gasteiger partial charge in [0, 0.05) is 32.9 Å². The molecule has 0 atom stereocenters. The standard InChI is InChI=1S/C62H39N3/c1-63-47-20-14-15-42(37-47)41-27-31-48(32-28-41)64-58-25-12-9-22-52(58)54-38-43(29-35-60(54)64)44-30-36-61-55(39-44)53-23-10-13-26-59(53)65(61)49-33-34-51-50-21-8-11-24-56(50)62(57(51)40-49,45-16-4-2-5-17-45)46-18-6-3-7-19-46/h2-40H. The molecule has 0 saturated carbocycles. The van der Waals surface area contributed by atoms with Crippen LogP contribution in [0.25, 0.3) is 93.2 Å². The van der Waals surface area contributed by atoms with Crippen LogP contribution in [0.4, 0.5) is 5.69 Å². The van der Waals surface area contributed by atoms with Crippen LogP contribution in [-0.2, 0) is 5.41 Å². The van der Waals surface area contributed by atoms with E-state index in [4.69, 9.17) is 6.57 Å². The van der Waals surface area contributed by atoms with E-state index in [0.29, 0.717) is 5.69 Å². The lowest BCUT2D eigenvalue weighted by Gasteiger charge is -2.34. The van der Waals surface area contributed by atoms with E-state index >= 15 is 0 Å². The maximum absolute atomic E-state index is 7.47. The first-order valence-corrected chi connectivity index (χ1v) is 22.2. The van der Waals surface area contributed by atoms with Crippen molar-refractivity contribution >= 4 is 49.3 Å². The topological polar surface area (TPSA) is 14.2 Å². The second-order valence-corrected chi connectivity index (χ2v) is 17.1. The van der Waals surface area contributed by atoms with Crippen molar-refractivity contribution in [3.8, 4) is 44.8 Å². The summed E-state index contributed by atoms with van der Waals surface area (Å²) in [6.07, 6.45) is 0. The van der Waals surface area contributed by atoms with E-state index in [2.05, 4.69) is 232 Å². The van der Waals surface area contributed by atoms with Crippen LogP contribution in [-0.4, -0.2) is 9.13 Å². The van der Waals surface area contributed by atoms with Crippen molar-refractivity contribution in [2.45, 2.75) is 5.41 Å². The van der Waals surface area contributed by atoms with Gasteiger partial charge < -0.3 is 9.13 Å². The number of hydrogen-bond donors (Lipinski definition) is 0. The summed E-state index contributed by atoms with van der Waals surface area (Å²) >= 11 is 0. The minimum Gasteiger partial charge on any atom is -0.309 e. The normalized spacial score (nSPS) is 12.7. The Bertz CT molecular complexity index is 3840. The van der Waals surface area contributed by atoms with Gasteiger partial charge in [0.05, 0.1) is 34.1 Å². The van der Waals surface area contributed by atoms with Gasteiger partial charge in [-0.3, -0.25) is 0 Å². The van der Waals surface area contributed by atoms with Crippen molar-refractivity contribution in [1.82, 2.24) is 9.13 Å².